The molecular formula is C32H35N7O4S. The normalized spacial score (nSPS) is 14.5. The molecule has 1 aliphatic heterocycles. The predicted octanol–water partition coefficient (Wildman–Crippen LogP) is 6.72. The average molecular weight is 614 g/mol. The van der Waals surface area contributed by atoms with Gasteiger partial charge in [-0.15, -0.1) is 0 Å². The first-order chi connectivity index (χ1) is 21.5. The maximum Gasteiger partial charge on any atom is 0.323 e. The molecular weight excluding hydrogens is 578 g/mol. The molecule has 1 fully saturated rings. The first-order valence-corrected chi connectivity index (χ1v) is 15.4. The lowest BCUT2D eigenvalue weighted by atomic mass is 10.0. The van der Waals surface area contributed by atoms with Crippen molar-refractivity contribution >= 4 is 60.8 Å². The van der Waals surface area contributed by atoms with Gasteiger partial charge in [0.05, 0.1) is 42.2 Å². The third kappa shape index (κ3) is 6.76. The first kappa shape index (κ1) is 29.4. The van der Waals surface area contributed by atoms with Crippen molar-refractivity contribution in [1.82, 2.24) is 20.3 Å². The number of carbonyl (C=O) groups excluding carboxylic acids is 1. The fourth-order valence-electron chi connectivity index (χ4n) is 5.31. The number of rotatable bonds is 11. The van der Waals surface area contributed by atoms with Gasteiger partial charge in [0.15, 0.2) is 16.6 Å². The monoisotopic (exact) mass is 613 g/mol. The number of hydrogen-bond donors (Lipinski definition) is 4. The number of urea groups is 1. The molecule has 0 bridgehead atoms. The summed E-state index contributed by atoms with van der Waals surface area (Å²) in [4.78, 5) is 26.4. The lowest BCUT2D eigenvalue weighted by Gasteiger charge is -2.14. The highest BCUT2D eigenvalue weighted by Crippen LogP contribution is 2.36. The van der Waals surface area contributed by atoms with Crippen LogP contribution >= 0.6 is 11.3 Å². The number of benzene rings is 3. The van der Waals surface area contributed by atoms with E-state index in [1.165, 1.54) is 24.1 Å². The van der Waals surface area contributed by atoms with Crippen LogP contribution in [0.1, 0.15) is 24.8 Å². The Hall–Kier alpha value is -4.68. The molecule has 44 heavy (non-hydrogen) atoms. The number of ether oxygens (including phenoxy) is 3. The van der Waals surface area contributed by atoms with Crippen LogP contribution < -0.4 is 35.5 Å². The molecule has 3 aromatic carbocycles. The Morgan fingerprint density at radius 1 is 1.00 bits per heavy atom. The summed E-state index contributed by atoms with van der Waals surface area (Å²) in [5.74, 6) is 3.22. The van der Waals surface area contributed by atoms with E-state index in [0.717, 1.165) is 58.5 Å². The van der Waals surface area contributed by atoms with Crippen LogP contribution in [0.3, 0.4) is 0 Å². The third-order valence-electron chi connectivity index (χ3n) is 7.57. The lowest BCUT2D eigenvalue weighted by molar-refractivity contribution is 0.262. The van der Waals surface area contributed by atoms with Crippen molar-refractivity contribution in [3.8, 4) is 17.2 Å². The molecule has 2 aromatic heterocycles. The fourth-order valence-corrected chi connectivity index (χ4v) is 6.22. The van der Waals surface area contributed by atoms with Crippen LogP contribution in [-0.2, 0) is 0 Å². The van der Waals surface area contributed by atoms with Gasteiger partial charge in [-0.05, 0) is 87.2 Å². The van der Waals surface area contributed by atoms with E-state index in [1.807, 2.05) is 55.5 Å². The summed E-state index contributed by atoms with van der Waals surface area (Å²) < 4.78 is 18.0. The number of amides is 2. The molecule has 0 radical (unpaired) electrons. The van der Waals surface area contributed by atoms with Crippen LogP contribution in [0.4, 0.5) is 27.1 Å². The van der Waals surface area contributed by atoms with E-state index < -0.39 is 0 Å². The van der Waals surface area contributed by atoms with Gasteiger partial charge in [-0.2, -0.15) is 0 Å². The van der Waals surface area contributed by atoms with Crippen LogP contribution in [0.25, 0.3) is 21.1 Å². The second-order valence-electron chi connectivity index (χ2n) is 10.7. The number of anilines is 4. The summed E-state index contributed by atoms with van der Waals surface area (Å²) in [7, 11) is 3.20. The Kier molecular flexibility index (Phi) is 8.89. The highest BCUT2D eigenvalue weighted by molar-refractivity contribution is 7.22. The molecule has 12 heteroatoms. The van der Waals surface area contributed by atoms with Crippen molar-refractivity contribution in [3.05, 3.63) is 60.4 Å². The zero-order chi connectivity index (χ0) is 30.5. The molecule has 4 N–H and O–H groups in total. The molecule has 228 valence electrons. The number of aromatic nitrogens is 3. The first-order valence-electron chi connectivity index (χ1n) is 14.6. The molecule has 1 aliphatic rings. The Labute approximate surface area is 259 Å². The van der Waals surface area contributed by atoms with Crippen molar-refractivity contribution in [2.75, 3.05) is 49.9 Å². The van der Waals surface area contributed by atoms with Gasteiger partial charge < -0.3 is 35.5 Å². The Balaban J connectivity index is 1.14. The number of carbonyl (C=O) groups is 1. The van der Waals surface area contributed by atoms with E-state index in [-0.39, 0.29) is 6.03 Å². The molecule has 6 rings (SSSR count). The topological polar surface area (TPSA) is 132 Å². The van der Waals surface area contributed by atoms with Crippen LogP contribution in [-0.4, -0.2) is 54.9 Å². The molecule has 1 saturated heterocycles. The summed E-state index contributed by atoms with van der Waals surface area (Å²) in [6.07, 6.45) is 4.89. The summed E-state index contributed by atoms with van der Waals surface area (Å²) in [5.41, 5.74) is 3.78. The third-order valence-corrected chi connectivity index (χ3v) is 8.51. The summed E-state index contributed by atoms with van der Waals surface area (Å²) in [5, 5.41) is 14.0. The van der Waals surface area contributed by atoms with Gasteiger partial charge in [0.25, 0.3) is 0 Å². The predicted molar refractivity (Wildman–Crippen MR) is 175 cm³/mol. The van der Waals surface area contributed by atoms with E-state index >= 15 is 0 Å². The second kappa shape index (κ2) is 13.3. The van der Waals surface area contributed by atoms with Crippen LogP contribution in [0, 0.1) is 12.8 Å². The number of aryl methyl sites for hydroxylation is 1. The Bertz CT molecular complexity index is 1790. The maximum absolute atomic E-state index is 12.7. The number of nitrogens with zero attached hydrogens (tertiary/aromatic N) is 3. The molecule has 11 nitrogen and oxygen atoms in total. The van der Waals surface area contributed by atoms with Crippen molar-refractivity contribution in [2.45, 2.75) is 26.2 Å². The van der Waals surface area contributed by atoms with Gasteiger partial charge in [-0.1, -0.05) is 17.4 Å². The van der Waals surface area contributed by atoms with E-state index in [0.29, 0.717) is 46.2 Å². The molecule has 0 spiro atoms. The van der Waals surface area contributed by atoms with E-state index in [2.05, 4.69) is 31.2 Å². The molecule has 5 aromatic rings. The van der Waals surface area contributed by atoms with Gasteiger partial charge in [0, 0.05) is 17.1 Å². The fraction of sp³-hybridized carbons (Fsp3) is 0.312. The number of methoxy groups -OCH3 is 2. The summed E-state index contributed by atoms with van der Waals surface area (Å²) in [6, 6.07) is 14.6. The van der Waals surface area contributed by atoms with Crippen molar-refractivity contribution in [2.24, 2.45) is 5.92 Å². The summed E-state index contributed by atoms with van der Waals surface area (Å²) >= 11 is 1.46. The second-order valence-corrected chi connectivity index (χ2v) is 11.7. The molecule has 0 aliphatic carbocycles. The maximum atomic E-state index is 12.7. The van der Waals surface area contributed by atoms with Crippen LogP contribution in [0.5, 0.6) is 17.2 Å². The van der Waals surface area contributed by atoms with E-state index in [1.54, 1.807) is 14.2 Å². The highest BCUT2D eigenvalue weighted by atomic mass is 32.1. The quantitative estimate of drug-likeness (QED) is 0.120. The minimum atomic E-state index is -0.369. The number of thiazole rings is 1. The molecule has 2 amide bonds. The minimum absolute atomic E-state index is 0.369. The Morgan fingerprint density at radius 3 is 2.70 bits per heavy atom. The van der Waals surface area contributed by atoms with Gasteiger partial charge in [-0.25, -0.2) is 19.7 Å². The zero-order valence-corrected chi connectivity index (χ0v) is 25.7. The largest absolute Gasteiger partial charge is 0.495 e. The van der Waals surface area contributed by atoms with Gasteiger partial charge >= 0.3 is 6.03 Å². The van der Waals surface area contributed by atoms with Crippen LogP contribution in [0.15, 0.2) is 54.9 Å². The molecule has 0 saturated carbocycles. The van der Waals surface area contributed by atoms with Gasteiger partial charge in [0.2, 0.25) is 0 Å². The van der Waals surface area contributed by atoms with E-state index in [9.17, 15) is 4.79 Å². The van der Waals surface area contributed by atoms with Crippen molar-refractivity contribution in [1.29, 1.82) is 0 Å². The highest BCUT2D eigenvalue weighted by Gasteiger charge is 2.16. The molecule has 1 unspecified atom stereocenters. The average Bonchev–Trinajstić information content (AvgIpc) is 3.68. The molecule has 3 heterocycles. The Morgan fingerprint density at radius 2 is 1.89 bits per heavy atom. The van der Waals surface area contributed by atoms with Gasteiger partial charge in [0.1, 0.15) is 17.9 Å². The standard InChI is InChI=1S/C32H35N7O4S/c1-19-6-9-26(41-2)25(13-19)37-31(40)36-21-7-8-23-29(14-21)44-32(38-23)39-30-22-15-27(42-3)28(16-24(22)34-18-35-30)43-12-4-5-20-10-11-33-17-20/h6-9,13-16,18,20,33H,4-5,10-12,17H2,1-3H3,(H2,36,37,40)(H,34,35,38,39). The smallest absolute Gasteiger partial charge is 0.323 e. The molecule has 1 atom stereocenters. The summed E-state index contributed by atoms with van der Waals surface area (Å²) in [6.45, 7) is 4.79. The van der Waals surface area contributed by atoms with Crippen molar-refractivity contribution < 1.29 is 19.0 Å². The zero-order valence-electron chi connectivity index (χ0n) is 24.9. The van der Waals surface area contributed by atoms with Crippen LogP contribution in [0.2, 0.25) is 0 Å². The minimum Gasteiger partial charge on any atom is -0.495 e. The number of fused-ring (bicyclic) bond motifs is 2. The lowest BCUT2D eigenvalue weighted by Crippen LogP contribution is -2.19. The SMILES string of the molecule is COc1ccc(C)cc1NC(=O)Nc1ccc2nc(Nc3ncnc4cc(OCCCC5CCNC5)c(OC)cc34)sc2c1. The number of hydrogen-bond acceptors (Lipinski definition) is 10. The number of nitrogens with one attached hydrogen (secondary N) is 4. The van der Waals surface area contributed by atoms with Gasteiger partial charge in [-0.3, -0.25) is 0 Å². The van der Waals surface area contributed by atoms with Crippen molar-refractivity contribution in [3.63, 3.8) is 0 Å². The van der Waals surface area contributed by atoms with E-state index in [4.69, 9.17) is 19.2 Å².